The van der Waals surface area contributed by atoms with E-state index in [0.29, 0.717) is 25.7 Å². The van der Waals surface area contributed by atoms with E-state index in [0.717, 1.165) is 0 Å². The minimum atomic E-state index is -0.684. The van der Waals surface area contributed by atoms with E-state index in [1.54, 1.807) is 13.8 Å². The maximum atomic E-state index is 11.0. The minimum Gasteiger partial charge on any atom is -0.434 e. The Bertz CT molecular complexity index is 161. The van der Waals surface area contributed by atoms with Crippen molar-refractivity contribution in [3.8, 4) is 0 Å². The van der Waals surface area contributed by atoms with E-state index in [2.05, 4.69) is 0 Å². The number of hydrogen-bond donors (Lipinski definition) is 2. The monoisotopic (exact) mass is 234 g/mol. The maximum Gasteiger partial charge on any atom is 0.508 e. The molecule has 0 amide bonds. The van der Waals surface area contributed by atoms with Crippen LogP contribution >= 0.6 is 0 Å². The van der Waals surface area contributed by atoms with Gasteiger partial charge in [-0.1, -0.05) is 0 Å². The number of carbonyl (C=O) groups is 1. The fraction of sp³-hybridized carbons (Fsp3) is 0.909. The first kappa shape index (κ1) is 15.2. The van der Waals surface area contributed by atoms with Gasteiger partial charge in [0.15, 0.2) is 0 Å². The van der Waals surface area contributed by atoms with Gasteiger partial charge in [-0.05, 0) is 39.5 Å². The first-order valence-corrected chi connectivity index (χ1v) is 5.68. The average Bonchev–Trinajstić information content (AvgIpc) is 2.19. The summed E-state index contributed by atoms with van der Waals surface area (Å²) in [7, 11) is 0. The van der Waals surface area contributed by atoms with Gasteiger partial charge in [-0.3, -0.25) is 0 Å². The van der Waals surface area contributed by atoms with Crippen molar-refractivity contribution in [3.05, 3.63) is 0 Å². The molecule has 2 unspecified atom stereocenters. The molecule has 0 saturated carbocycles. The van der Waals surface area contributed by atoms with Gasteiger partial charge in [0.2, 0.25) is 0 Å². The summed E-state index contributed by atoms with van der Waals surface area (Å²) < 4.78 is 9.53. The van der Waals surface area contributed by atoms with Crippen LogP contribution in [0.3, 0.4) is 0 Å². The number of rotatable bonds is 8. The summed E-state index contributed by atoms with van der Waals surface area (Å²) >= 11 is 0. The van der Waals surface area contributed by atoms with Crippen LogP contribution in [0.5, 0.6) is 0 Å². The zero-order valence-corrected chi connectivity index (χ0v) is 10.0. The highest BCUT2D eigenvalue weighted by molar-refractivity contribution is 5.59. The van der Waals surface area contributed by atoms with Crippen LogP contribution in [0.15, 0.2) is 0 Å². The van der Waals surface area contributed by atoms with Gasteiger partial charge in [-0.15, -0.1) is 0 Å². The van der Waals surface area contributed by atoms with Crippen LogP contribution in [-0.2, 0) is 9.47 Å². The molecule has 0 bridgehead atoms. The second-order valence-corrected chi connectivity index (χ2v) is 3.93. The van der Waals surface area contributed by atoms with E-state index in [-0.39, 0.29) is 25.4 Å². The Labute approximate surface area is 96.4 Å². The molecule has 0 aromatic carbocycles. The Kier molecular flexibility index (Phi) is 8.94. The molecule has 0 aliphatic rings. The zero-order valence-electron chi connectivity index (χ0n) is 10.0. The number of carbonyl (C=O) groups excluding carboxylic acids is 1. The highest BCUT2D eigenvalue weighted by atomic mass is 16.7. The molecule has 0 rings (SSSR count). The predicted molar refractivity (Wildman–Crippen MR) is 59.1 cm³/mol. The minimum absolute atomic E-state index is 0.264. The maximum absolute atomic E-state index is 11.0. The van der Waals surface area contributed by atoms with E-state index in [1.165, 1.54) is 0 Å². The summed E-state index contributed by atoms with van der Waals surface area (Å²) in [6.45, 7) is 3.91. The molecule has 5 nitrogen and oxygen atoms in total. The molecule has 0 aliphatic heterocycles. The lowest BCUT2D eigenvalue weighted by atomic mass is 10.2. The first-order valence-electron chi connectivity index (χ1n) is 5.68. The Hall–Kier alpha value is -0.810. The third-order valence-corrected chi connectivity index (χ3v) is 1.97. The Morgan fingerprint density at radius 2 is 1.38 bits per heavy atom. The third-order valence-electron chi connectivity index (χ3n) is 1.97. The van der Waals surface area contributed by atoms with Crippen molar-refractivity contribution in [1.29, 1.82) is 0 Å². The van der Waals surface area contributed by atoms with Crippen molar-refractivity contribution in [1.82, 2.24) is 0 Å². The number of ether oxygens (including phenoxy) is 2. The molecule has 0 spiro atoms. The molecule has 0 saturated heterocycles. The summed E-state index contributed by atoms with van der Waals surface area (Å²) in [5.74, 6) is 0. The van der Waals surface area contributed by atoms with Crippen molar-refractivity contribution in [2.24, 2.45) is 0 Å². The third kappa shape index (κ3) is 11.3. The first-order chi connectivity index (χ1) is 7.52. The van der Waals surface area contributed by atoms with Crippen LogP contribution in [0.25, 0.3) is 0 Å². The number of aliphatic hydroxyl groups excluding tert-OH is 2. The van der Waals surface area contributed by atoms with Gasteiger partial charge < -0.3 is 19.7 Å². The van der Waals surface area contributed by atoms with E-state index in [9.17, 15) is 4.79 Å². The lowest BCUT2D eigenvalue weighted by molar-refractivity contribution is 0.0474. The molecule has 0 aromatic heterocycles. The summed E-state index contributed by atoms with van der Waals surface area (Å²) in [5, 5.41) is 17.9. The highest BCUT2D eigenvalue weighted by Gasteiger charge is 2.04. The fourth-order valence-electron chi connectivity index (χ4n) is 1.11. The van der Waals surface area contributed by atoms with Crippen LogP contribution in [0.4, 0.5) is 4.79 Å². The van der Waals surface area contributed by atoms with Gasteiger partial charge in [0.25, 0.3) is 0 Å². The SMILES string of the molecule is CC(O)CCCOC(=O)OCCCC(C)O. The van der Waals surface area contributed by atoms with Gasteiger partial charge in [0.1, 0.15) is 0 Å². The Morgan fingerprint density at radius 1 is 1.00 bits per heavy atom. The summed E-state index contributed by atoms with van der Waals surface area (Å²) in [6.07, 6.45) is 1.04. The molecule has 0 heterocycles. The van der Waals surface area contributed by atoms with Crippen LogP contribution < -0.4 is 0 Å². The molecule has 0 aliphatic carbocycles. The number of aliphatic hydroxyl groups is 2. The average molecular weight is 234 g/mol. The molecule has 0 aromatic rings. The normalized spacial score (nSPS) is 14.2. The molecule has 0 fully saturated rings. The van der Waals surface area contributed by atoms with Crippen molar-refractivity contribution in [3.63, 3.8) is 0 Å². The standard InChI is InChI=1S/C11H22O5/c1-9(12)5-3-7-15-11(14)16-8-4-6-10(2)13/h9-10,12-13H,3-8H2,1-2H3. The van der Waals surface area contributed by atoms with Crippen molar-refractivity contribution in [2.45, 2.75) is 51.7 Å². The Balaban J connectivity index is 3.25. The van der Waals surface area contributed by atoms with E-state index in [4.69, 9.17) is 19.7 Å². The van der Waals surface area contributed by atoms with Crippen molar-refractivity contribution >= 4 is 6.16 Å². The predicted octanol–water partition coefficient (Wildman–Crippen LogP) is 1.46. The van der Waals surface area contributed by atoms with Gasteiger partial charge in [-0.2, -0.15) is 0 Å². The second-order valence-electron chi connectivity index (χ2n) is 3.93. The molecular formula is C11H22O5. The van der Waals surface area contributed by atoms with Crippen LogP contribution in [0, 0.1) is 0 Å². The molecule has 5 heteroatoms. The second kappa shape index (κ2) is 9.42. The van der Waals surface area contributed by atoms with Crippen LogP contribution in [0.1, 0.15) is 39.5 Å². The van der Waals surface area contributed by atoms with Crippen molar-refractivity contribution < 1.29 is 24.5 Å². The summed E-state index contributed by atoms with van der Waals surface area (Å²) in [4.78, 5) is 11.0. The smallest absolute Gasteiger partial charge is 0.434 e. The van der Waals surface area contributed by atoms with Gasteiger partial charge in [0.05, 0.1) is 25.4 Å². The molecule has 96 valence electrons. The lowest BCUT2D eigenvalue weighted by Crippen LogP contribution is -2.11. The van der Waals surface area contributed by atoms with Crippen molar-refractivity contribution in [2.75, 3.05) is 13.2 Å². The van der Waals surface area contributed by atoms with Crippen LogP contribution in [0.2, 0.25) is 0 Å². The van der Waals surface area contributed by atoms with E-state index in [1.807, 2.05) is 0 Å². The van der Waals surface area contributed by atoms with Gasteiger partial charge >= 0.3 is 6.16 Å². The fourth-order valence-corrected chi connectivity index (χ4v) is 1.11. The molecule has 16 heavy (non-hydrogen) atoms. The van der Waals surface area contributed by atoms with E-state index >= 15 is 0 Å². The van der Waals surface area contributed by atoms with Gasteiger partial charge in [0, 0.05) is 0 Å². The summed E-state index contributed by atoms with van der Waals surface area (Å²) in [6, 6.07) is 0. The number of hydrogen-bond acceptors (Lipinski definition) is 5. The lowest BCUT2D eigenvalue weighted by Gasteiger charge is -2.07. The molecule has 2 atom stereocenters. The van der Waals surface area contributed by atoms with E-state index < -0.39 is 6.16 Å². The molecule has 2 N–H and O–H groups in total. The van der Waals surface area contributed by atoms with Gasteiger partial charge in [-0.25, -0.2) is 4.79 Å². The molecule has 0 radical (unpaired) electrons. The quantitative estimate of drug-likeness (QED) is 0.491. The molecular weight excluding hydrogens is 212 g/mol. The topological polar surface area (TPSA) is 76.0 Å². The summed E-state index contributed by atoms with van der Waals surface area (Å²) in [5.41, 5.74) is 0. The largest absolute Gasteiger partial charge is 0.508 e. The van der Waals surface area contributed by atoms with Crippen LogP contribution in [-0.4, -0.2) is 41.8 Å². The Morgan fingerprint density at radius 3 is 1.69 bits per heavy atom. The highest BCUT2D eigenvalue weighted by Crippen LogP contribution is 1.99. The zero-order chi connectivity index (χ0) is 12.4.